The molecule has 0 saturated carbocycles. The van der Waals surface area contributed by atoms with E-state index in [0.717, 1.165) is 21.7 Å². The van der Waals surface area contributed by atoms with Gasteiger partial charge in [-0.1, -0.05) is 78.9 Å². The number of amides is 2. The standard InChI is InChI=1S/C28H33N3O4S/c1-22(2)29-28(33)26(19-23-13-7-4-8-14-23)30(20-24-15-9-5-10-16-24)27(32)21-31(36(3,34)35)25-17-11-6-12-18-25/h4-18,22,26H,19-21H2,1-3H3,(H,29,33)/t26-/m0/s1. The molecule has 1 N–H and O–H groups in total. The summed E-state index contributed by atoms with van der Waals surface area (Å²) in [4.78, 5) is 28.7. The summed E-state index contributed by atoms with van der Waals surface area (Å²) in [5, 5.41) is 2.93. The summed E-state index contributed by atoms with van der Waals surface area (Å²) in [5.41, 5.74) is 2.13. The third-order valence-corrected chi connectivity index (χ3v) is 6.76. The maximum absolute atomic E-state index is 13.8. The normalized spacial score (nSPS) is 12.1. The van der Waals surface area contributed by atoms with Crippen molar-refractivity contribution in [2.75, 3.05) is 17.1 Å². The molecular formula is C28H33N3O4S. The first-order valence-corrected chi connectivity index (χ1v) is 13.7. The molecule has 1 atom stereocenters. The molecule has 0 spiro atoms. The second kappa shape index (κ2) is 12.4. The third-order valence-electron chi connectivity index (χ3n) is 5.62. The lowest BCUT2D eigenvalue weighted by Gasteiger charge is -2.34. The van der Waals surface area contributed by atoms with E-state index in [1.165, 1.54) is 4.90 Å². The SMILES string of the molecule is CC(C)NC(=O)[C@H](Cc1ccccc1)N(Cc1ccccc1)C(=O)CN(c1ccccc1)S(C)(=O)=O. The van der Waals surface area contributed by atoms with Crippen LogP contribution in [0.2, 0.25) is 0 Å². The van der Waals surface area contributed by atoms with E-state index in [-0.39, 0.29) is 18.5 Å². The number of rotatable bonds is 11. The molecule has 7 nitrogen and oxygen atoms in total. The fraction of sp³-hybridized carbons (Fsp3) is 0.286. The molecule has 0 bridgehead atoms. The van der Waals surface area contributed by atoms with Gasteiger partial charge >= 0.3 is 0 Å². The number of nitrogens with one attached hydrogen (secondary N) is 1. The predicted octanol–water partition coefficient (Wildman–Crippen LogP) is 3.62. The molecule has 3 aromatic carbocycles. The number of benzene rings is 3. The van der Waals surface area contributed by atoms with Gasteiger partial charge in [0, 0.05) is 19.0 Å². The molecule has 0 radical (unpaired) electrons. The van der Waals surface area contributed by atoms with E-state index in [9.17, 15) is 18.0 Å². The van der Waals surface area contributed by atoms with Gasteiger partial charge in [-0.25, -0.2) is 8.42 Å². The van der Waals surface area contributed by atoms with Gasteiger partial charge in [-0.05, 0) is 37.1 Å². The minimum absolute atomic E-state index is 0.124. The highest BCUT2D eigenvalue weighted by Gasteiger charge is 2.33. The molecule has 0 aliphatic rings. The number of hydrogen-bond donors (Lipinski definition) is 1. The Bertz CT molecular complexity index is 1230. The molecule has 3 rings (SSSR count). The quantitative estimate of drug-likeness (QED) is 0.430. The van der Waals surface area contributed by atoms with Crippen LogP contribution in [0.5, 0.6) is 0 Å². The Morgan fingerprint density at radius 3 is 1.81 bits per heavy atom. The molecule has 3 aromatic rings. The van der Waals surface area contributed by atoms with Crippen molar-refractivity contribution in [2.45, 2.75) is 38.9 Å². The number of anilines is 1. The Hall–Kier alpha value is -3.65. The smallest absolute Gasteiger partial charge is 0.244 e. The van der Waals surface area contributed by atoms with E-state index in [4.69, 9.17) is 0 Å². The minimum atomic E-state index is -3.76. The van der Waals surface area contributed by atoms with Crippen molar-refractivity contribution in [2.24, 2.45) is 0 Å². The van der Waals surface area contributed by atoms with Gasteiger partial charge in [-0.3, -0.25) is 13.9 Å². The molecule has 190 valence electrons. The summed E-state index contributed by atoms with van der Waals surface area (Å²) in [6.45, 7) is 3.47. The zero-order chi connectivity index (χ0) is 26.1. The zero-order valence-corrected chi connectivity index (χ0v) is 21.7. The fourth-order valence-corrected chi connectivity index (χ4v) is 4.77. The van der Waals surface area contributed by atoms with Crippen LogP contribution in [0.15, 0.2) is 91.0 Å². The van der Waals surface area contributed by atoms with Crippen LogP contribution in [0.25, 0.3) is 0 Å². The molecule has 36 heavy (non-hydrogen) atoms. The molecule has 0 aliphatic carbocycles. The summed E-state index contributed by atoms with van der Waals surface area (Å²) in [5.74, 6) is -0.753. The average molecular weight is 508 g/mol. The van der Waals surface area contributed by atoms with Crippen molar-refractivity contribution in [1.82, 2.24) is 10.2 Å². The van der Waals surface area contributed by atoms with Crippen molar-refractivity contribution in [3.8, 4) is 0 Å². The summed E-state index contributed by atoms with van der Waals surface area (Å²) in [7, 11) is -3.76. The third kappa shape index (κ3) is 7.68. The molecule has 0 fully saturated rings. The lowest BCUT2D eigenvalue weighted by Crippen LogP contribution is -2.54. The molecule has 0 heterocycles. The van der Waals surface area contributed by atoms with E-state index < -0.39 is 28.5 Å². The molecule has 0 unspecified atom stereocenters. The van der Waals surface area contributed by atoms with Gasteiger partial charge in [0.05, 0.1) is 11.9 Å². The van der Waals surface area contributed by atoms with Gasteiger partial charge in [0.25, 0.3) is 0 Å². The van der Waals surface area contributed by atoms with Crippen molar-refractivity contribution in [3.63, 3.8) is 0 Å². The van der Waals surface area contributed by atoms with E-state index in [2.05, 4.69) is 5.32 Å². The second-order valence-corrected chi connectivity index (χ2v) is 10.9. The molecule has 0 aromatic heterocycles. The van der Waals surface area contributed by atoms with Crippen LogP contribution < -0.4 is 9.62 Å². The Morgan fingerprint density at radius 1 is 0.806 bits per heavy atom. The van der Waals surface area contributed by atoms with Gasteiger partial charge in [-0.2, -0.15) is 0 Å². The number of sulfonamides is 1. The zero-order valence-electron chi connectivity index (χ0n) is 20.9. The molecule has 8 heteroatoms. The van der Waals surface area contributed by atoms with Crippen LogP contribution in [0.4, 0.5) is 5.69 Å². The van der Waals surface area contributed by atoms with Gasteiger partial charge in [0.15, 0.2) is 0 Å². The van der Waals surface area contributed by atoms with Gasteiger partial charge in [0.1, 0.15) is 12.6 Å². The topological polar surface area (TPSA) is 86.8 Å². The largest absolute Gasteiger partial charge is 0.352 e. The summed E-state index contributed by atoms with van der Waals surface area (Å²) < 4.78 is 26.4. The Morgan fingerprint density at radius 2 is 1.31 bits per heavy atom. The van der Waals surface area contributed by atoms with Crippen LogP contribution in [0.3, 0.4) is 0 Å². The van der Waals surface area contributed by atoms with E-state index in [1.54, 1.807) is 30.3 Å². The van der Waals surface area contributed by atoms with Crippen LogP contribution in [0, 0.1) is 0 Å². The Labute approximate surface area is 213 Å². The first kappa shape index (κ1) is 26.9. The lowest BCUT2D eigenvalue weighted by atomic mass is 10.0. The predicted molar refractivity (Wildman–Crippen MR) is 143 cm³/mol. The van der Waals surface area contributed by atoms with Crippen molar-refractivity contribution in [1.29, 1.82) is 0 Å². The molecule has 0 saturated heterocycles. The van der Waals surface area contributed by atoms with Crippen molar-refractivity contribution in [3.05, 3.63) is 102 Å². The van der Waals surface area contributed by atoms with Crippen LogP contribution in [0.1, 0.15) is 25.0 Å². The Kier molecular flexibility index (Phi) is 9.25. The highest BCUT2D eigenvalue weighted by atomic mass is 32.2. The van der Waals surface area contributed by atoms with Crippen LogP contribution >= 0.6 is 0 Å². The number of nitrogens with zero attached hydrogens (tertiary/aromatic N) is 2. The van der Waals surface area contributed by atoms with Gasteiger partial charge in [0.2, 0.25) is 21.8 Å². The second-order valence-electron chi connectivity index (χ2n) is 8.98. The maximum Gasteiger partial charge on any atom is 0.244 e. The number of carbonyl (C=O) groups is 2. The number of para-hydroxylation sites is 1. The van der Waals surface area contributed by atoms with E-state index in [1.807, 2.05) is 74.5 Å². The highest BCUT2D eigenvalue weighted by molar-refractivity contribution is 7.92. The monoisotopic (exact) mass is 507 g/mol. The van der Waals surface area contributed by atoms with Crippen molar-refractivity contribution < 1.29 is 18.0 Å². The first-order valence-electron chi connectivity index (χ1n) is 11.9. The Balaban J connectivity index is 2.02. The first-order chi connectivity index (χ1) is 17.1. The van der Waals surface area contributed by atoms with Gasteiger partial charge < -0.3 is 10.2 Å². The average Bonchev–Trinajstić information content (AvgIpc) is 2.85. The van der Waals surface area contributed by atoms with E-state index in [0.29, 0.717) is 12.1 Å². The molecule has 0 aliphatic heterocycles. The lowest BCUT2D eigenvalue weighted by molar-refractivity contribution is -0.140. The van der Waals surface area contributed by atoms with Crippen molar-refractivity contribution >= 4 is 27.5 Å². The fourth-order valence-electron chi connectivity index (χ4n) is 3.92. The summed E-state index contributed by atoms with van der Waals surface area (Å²) in [6.07, 6.45) is 1.36. The number of hydrogen-bond acceptors (Lipinski definition) is 4. The van der Waals surface area contributed by atoms with E-state index >= 15 is 0 Å². The van der Waals surface area contributed by atoms with Crippen LogP contribution in [-0.4, -0.2) is 50.0 Å². The highest BCUT2D eigenvalue weighted by Crippen LogP contribution is 2.20. The maximum atomic E-state index is 13.8. The van der Waals surface area contributed by atoms with Gasteiger partial charge in [-0.15, -0.1) is 0 Å². The summed E-state index contributed by atoms with van der Waals surface area (Å²) >= 11 is 0. The van der Waals surface area contributed by atoms with Crippen LogP contribution in [-0.2, 0) is 32.6 Å². The molecule has 2 amide bonds. The molecular weight excluding hydrogens is 474 g/mol. The summed E-state index contributed by atoms with van der Waals surface area (Å²) in [6, 6.07) is 26.4. The number of carbonyl (C=O) groups excluding carboxylic acids is 2. The minimum Gasteiger partial charge on any atom is -0.352 e.